The summed E-state index contributed by atoms with van der Waals surface area (Å²) in [6.45, 7) is 8.68. The number of hydrogen-bond acceptors (Lipinski definition) is 3. The first-order valence-corrected chi connectivity index (χ1v) is 12.6. The molecule has 2 aromatic heterocycles. The smallest absolute Gasteiger partial charge is 0.175 e. The third-order valence-electron chi connectivity index (χ3n) is 5.89. The van der Waals surface area contributed by atoms with Gasteiger partial charge in [-0.05, 0) is 75.3 Å². The third-order valence-corrected chi connectivity index (χ3v) is 7.19. The van der Waals surface area contributed by atoms with E-state index in [4.69, 9.17) is 47.0 Å². The van der Waals surface area contributed by atoms with Gasteiger partial charge in [-0.2, -0.15) is 10.2 Å². The highest BCUT2D eigenvalue weighted by Gasteiger charge is 2.17. The minimum Gasteiger partial charge on any atom is -0.329 e. The molecule has 2 heterocycles. The number of halogens is 4. The molecule has 0 aliphatic carbocycles. The molecule has 0 aliphatic heterocycles. The van der Waals surface area contributed by atoms with Crippen LogP contribution in [0.4, 0.5) is 15.8 Å². The van der Waals surface area contributed by atoms with Crippen LogP contribution >= 0.6 is 47.0 Å². The topological polar surface area (TPSA) is 59.7 Å². The summed E-state index contributed by atoms with van der Waals surface area (Å²) in [5.41, 5.74) is 6.78. The van der Waals surface area contributed by atoms with Crippen LogP contribution in [0, 0.1) is 33.5 Å². The zero-order chi connectivity index (χ0) is 26.1. The number of benzene rings is 2. The molecule has 4 rings (SSSR count). The van der Waals surface area contributed by atoms with Crippen molar-refractivity contribution in [2.24, 2.45) is 0 Å². The van der Waals surface area contributed by atoms with E-state index in [1.54, 1.807) is 12.1 Å². The Kier molecular flexibility index (Phi) is 7.90. The molecule has 0 saturated carbocycles. The molecule has 6 nitrogen and oxygen atoms in total. The van der Waals surface area contributed by atoms with Crippen LogP contribution in [0.15, 0.2) is 36.4 Å². The molecule has 0 atom stereocenters. The van der Waals surface area contributed by atoms with Gasteiger partial charge in [-0.1, -0.05) is 46.9 Å². The van der Waals surface area contributed by atoms with E-state index in [1.807, 2.05) is 49.2 Å². The normalized spacial score (nSPS) is 11.1. The summed E-state index contributed by atoms with van der Waals surface area (Å²) in [4.78, 5) is 0. The number of anilines is 2. The zero-order valence-corrected chi connectivity index (χ0v) is 23.2. The molecule has 0 radical (unpaired) electrons. The lowest BCUT2D eigenvalue weighted by molar-refractivity contribution is 0.622. The minimum absolute atomic E-state index is 0.359. The number of nitrogens with zero attached hydrogens (tertiary/aromatic N) is 4. The molecule has 0 spiro atoms. The maximum Gasteiger partial charge on any atom is 0.175 e. The quantitative estimate of drug-likeness (QED) is 0.240. The lowest BCUT2D eigenvalue weighted by Crippen LogP contribution is -2.21. The van der Waals surface area contributed by atoms with Crippen molar-refractivity contribution in [3.05, 3.63) is 91.2 Å². The molecular formula is C25H24Cl3FN6S. The van der Waals surface area contributed by atoms with E-state index >= 15 is 0 Å². The van der Waals surface area contributed by atoms with Crippen LogP contribution in [0.2, 0.25) is 15.1 Å². The minimum atomic E-state index is -0.373. The van der Waals surface area contributed by atoms with E-state index in [-0.39, 0.29) is 5.82 Å². The molecule has 4 aromatic rings. The van der Waals surface area contributed by atoms with Crippen molar-refractivity contribution in [1.29, 1.82) is 0 Å². The van der Waals surface area contributed by atoms with Crippen molar-refractivity contribution in [3.63, 3.8) is 0 Å². The Balaban J connectivity index is 1.48. The Morgan fingerprint density at radius 2 is 1.39 bits per heavy atom. The van der Waals surface area contributed by atoms with Gasteiger partial charge >= 0.3 is 0 Å². The fourth-order valence-electron chi connectivity index (χ4n) is 3.94. The van der Waals surface area contributed by atoms with Crippen LogP contribution in [-0.2, 0) is 13.1 Å². The second kappa shape index (κ2) is 10.8. The molecule has 0 unspecified atom stereocenters. The highest BCUT2D eigenvalue weighted by atomic mass is 35.5. The third kappa shape index (κ3) is 5.67. The first-order valence-electron chi connectivity index (χ1n) is 11.1. The predicted octanol–water partition coefficient (Wildman–Crippen LogP) is 7.32. The van der Waals surface area contributed by atoms with Gasteiger partial charge in [-0.3, -0.25) is 9.36 Å². The van der Waals surface area contributed by atoms with Gasteiger partial charge in [-0.25, -0.2) is 4.39 Å². The number of nitrogens with one attached hydrogen (secondary N) is 2. The summed E-state index contributed by atoms with van der Waals surface area (Å²) in [5.74, 6) is -0.373. The SMILES string of the molecule is Cc1nn(Cc2ccc(Cl)c(Cl)c2)c(C)c1NC(=S)Nc1c(C)nn(Cc2ccc(F)cc2Cl)c1C. The molecule has 0 fully saturated rings. The van der Waals surface area contributed by atoms with E-state index in [2.05, 4.69) is 20.8 Å². The fraction of sp³-hybridized carbons (Fsp3) is 0.240. The molecule has 0 amide bonds. The summed E-state index contributed by atoms with van der Waals surface area (Å²) in [6.07, 6.45) is 0. The first kappa shape index (κ1) is 26.4. The largest absolute Gasteiger partial charge is 0.329 e. The lowest BCUT2D eigenvalue weighted by Gasteiger charge is -2.12. The number of aromatic nitrogens is 4. The van der Waals surface area contributed by atoms with Gasteiger partial charge in [0.2, 0.25) is 0 Å². The number of thiocarbonyl (C=S) groups is 1. The highest BCUT2D eigenvalue weighted by Crippen LogP contribution is 2.27. The Morgan fingerprint density at radius 1 is 0.806 bits per heavy atom. The van der Waals surface area contributed by atoms with E-state index < -0.39 is 0 Å². The number of hydrogen-bond donors (Lipinski definition) is 2. The lowest BCUT2D eigenvalue weighted by atomic mass is 10.2. The van der Waals surface area contributed by atoms with E-state index in [0.717, 1.165) is 45.3 Å². The summed E-state index contributed by atoms with van der Waals surface area (Å²) in [5, 5.41) is 17.6. The van der Waals surface area contributed by atoms with Crippen LogP contribution in [-0.4, -0.2) is 24.7 Å². The standard InChI is InChI=1S/C25H24Cl3FN6S/c1-13-23(15(3)34(32-13)11-17-5-8-20(26)22(28)9-17)30-25(36)31-24-14(2)33-35(16(24)4)12-18-6-7-19(29)10-21(18)27/h5-10H,11-12H2,1-4H3,(H2,30,31,36). The molecule has 2 aromatic carbocycles. The van der Waals surface area contributed by atoms with Gasteiger partial charge in [0.15, 0.2) is 5.11 Å². The predicted molar refractivity (Wildman–Crippen MR) is 149 cm³/mol. The van der Waals surface area contributed by atoms with Gasteiger partial charge in [-0.15, -0.1) is 0 Å². The summed E-state index contributed by atoms with van der Waals surface area (Å²) >= 11 is 24.0. The molecule has 0 saturated heterocycles. The van der Waals surface area contributed by atoms with Gasteiger partial charge in [0.25, 0.3) is 0 Å². The first-order chi connectivity index (χ1) is 17.0. The molecule has 2 N–H and O–H groups in total. The average Bonchev–Trinajstić information content (AvgIpc) is 3.22. The maximum atomic E-state index is 13.4. The van der Waals surface area contributed by atoms with E-state index in [1.165, 1.54) is 12.1 Å². The Labute approximate surface area is 229 Å². The van der Waals surface area contributed by atoms with Gasteiger partial charge in [0.05, 0.1) is 57.3 Å². The van der Waals surface area contributed by atoms with Crippen LogP contribution < -0.4 is 10.6 Å². The highest BCUT2D eigenvalue weighted by molar-refractivity contribution is 7.80. The van der Waals surface area contributed by atoms with Crippen LogP contribution in [0.25, 0.3) is 0 Å². The van der Waals surface area contributed by atoms with Gasteiger partial charge in [0, 0.05) is 5.02 Å². The Hall–Kier alpha value is -2.65. The van der Waals surface area contributed by atoms with Crippen molar-refractivity contribution in [2.75, 3.05) is 10.6 Å². The molecule has 188 valence electrons. The fourth-order valence-corrected chi connectivity index (χ4v) is 4.70. The summed E-state index contributed by atoms with van der Waals surface area (Å²) in [6, 6.07) is 9.88. The Bertz CT molecular complexity index is 1460. The Morgan fingerprint density at radius 3 is 1.94 bits per heavy atom. The molecule has 0 aliphatic rings. The summed E-state index contributed by atoms with van der Waals surface area (Å²) in [7, 11) is 0. The van der Waals surface area contributed by atoms with Crippen molar-refractivity contribution >= 4 is 63.5 Å². The van der Waals surface area contributed by atoms with Crippen LogP contribution in [0.3, 0.4) is 0 Å². The molecule has 36 heavy (non-hydrogen) atoms. The van der Waals surface area contributed by atoms with Gasteiger partial charge < -0.3 is 10.6 Å². The molecule has 11 heteroatoms. The van der Waals surface area contributed by atoms with E-state index in [0.29, 0.717) is 33.3 Å². The molecular weight excluding hydrogens is 542 g/mol. The zero-order valence-electron chi connectivity index (χ0n) is 20.1. The monoisotopic (exact) mass is 564 g/mol. The second-order valence-electron chi connectivity index (χ2n) is 8.47. The van der Waals surface area contributed by atoms with Crippen LogP contribution in [0.5, 0.6) is 0 Å². The van der Waals surface area contributed by atoms with Crippen molar-refractivity contribution in [3.8, 4) is 0 Å². The van der Waals surface area contributed by atoms with Crippen LogP contribution in [0.1, 0.15) is 33.9 Å². The van der Waals surface area contributed by atoms with Gasteiger partial charge in [0.1, 0.15) is 5.82 Å². The average molecular weight is 566 g/mol. The maximum absolute atomic E-state index is 13.4. The van der Waals surface area contributed by atoms with Crippen molar-refractivity contribution < 1.29 is 4.39 Å². The van der Waals surface area contributed by atoms with E-state index in [9.17, 15) is 4.39 Å². The van der Waals surface area contributed by atoms with Crippen molar-refractivity contribution in [2.45, 2.75) is 40.8 Å². The van der Waals surface area contributed by atoms with Crippen molar-refractivity contribution in [1.82, 2.24) is 19.6 Å². The molecule has 0 bridgehead atoms. The number of aryl methyl sites for hydroxylation is 2. The number of rotatable bonds is 6. The second-order valence-corrected chi connectivity index (χ2v) is 10.1. The summed E-state index contributed by atoms with van der Waals surface area (Å²) < 4.78 is 17.1.